The fraction of sp³-hybridized carbons (Fsp3) is 0.625. The minimum atomic E-state index is 0.708. The first-order chi connectivity index (χ1) is 9.38. The van der Waals surface area contributed by atoms with Crippen molar-refractivity contribution in [1.29, 1.82) is 0 Å². The SMILES string of the molecule is COc1cccc(OCCNCC2CCCCC2)c1. The lowest BCUT2D eigenvalue weighted by atomic mass is 9.89. The molecule has 3 nitrogen and oxygen atoms in total. The van der Waals surface area contributed by atoms with Gasteiger partial charge < -0.3 is 14.8 Å². The molecule has 0 spiro atoms. The maximum Gasteiger partial charge on any atom is 0.123 e. The molecule has 0 heterocycles. The van der Waals surface area contributed by atoms with E-state index in [0.29, 0.717) is 6.61 Å². The molecule has 0 saturated heterocycles. The van der Waals surface area contributed by atoms with Crippen molar-refractivity contribution >= 4 is 0 Å². The molecule has 1 aromatic rings. The van der Waals surface area contributed by atoms with Gasteiger partial charge >= 0.3 is 0 Å². The molecule has 0 amide bonds. The molecule has 0 aliphatic heterocycles. The molecule has 1 N–H and O–H groups in total. The van der Waals surface area contributed by atoms with Crippen molar-refractivity contribution in [2.45, 2.75) is 32.1 Å². The second-order valence-electron chi connectivity index (χ2n) is 5.24. The van der Waals surface area contributed by atoms with Crippen LogP contribution in [-0.4, -0.2) is 26.8 Å². The van der Waals surface area contributed by atoms with Crippen molar-refractivity contribution in [3.8, 4) is 11.5 Å². The largest absolute Gasteiger partial charge is 0.497 e. The fourth-order valence-electron chi connectivity index (χ4n) is 2.63. The predicted octanol–water partition coefficient (Wildman–Crippen LogP) is 3.24. The van der Waals surface area contributed by atoms with Crippen molar-refractivity contribution in [2.75, 3.05) is 26.8 Å². The molecule has 0 atom stereocenters. The summed E-state index contributed by atoms with van der Waals surface area (Å²) in [7, 11) is 1.67. The lowest BCUT2D eigenvalue weighted by molar-refractivity contribution is 0.293. The fourth-order valence-corrected chi connectivity index (χ4v) is 2.63. The van der Waals surface area contributed by atoms with Crippen molar-refractivity contribution in [2.24, 2.45) is 5.92 Å². The van der Waals surface area contributed by atoms with Gasteiger partial charge in [0.05, 0.1) is 7.11 Å². The quantitative estimate of drug-likeness (QED) is 0.766. The Balaban J connectivity index is 1.58. The maximum atomic E-state index is 5.70. The monoisotopic (exact) mass is 263 g/mol. The summed E-state index contributed by atoms with van der Waals surface area (Å²) >= 11 is 0. The number of methoxy groups -OCH3 is 1. The van der Waals surface area contributed by atoms with Gasteiger partial charge in [0.1, 0.15) is 18.1 Å². The highest BCUT2D eigenvalue weighted by Gasteiger charge is 2.12. The normalized spacial score (nSPS) is 16.3. The Hall–Kier alpha value is -1.22. The Morgan fingerprint density at radius 2 is 1.95 bits per heavy atom. The number of benzene rings is 1. The second-order valence-corrected chi connectivity index (χ2v) is 5.24. The van der Waals surface area contributed by atoms with Crippen LogP contribution in [0.1, 0.15) is 32.1 Å². The van der Waals surface area contributed by atoms with Gasteiger partial charge in [-0.25, -0.2) is 0 Å². The van der Waals surface area contributed by atoms with Crippen LogP contribution in [0.2, 0.25) is 0 Å². The highest BCUT2D eigenvalue weighted by Crippen LogP contribution is 2.22. The van der Waals surface area contributed by atoms with Gasteiger partial charge in [0.2, 0.25) is 0 Å². The molecule has 0 radical (unpaired) electrons. The standard InChI is InChI=1S/C16H25NO2/c1-18-15-8-5-9-16(12-15)19-11-10-17-13-14-6-3-2-4-7-14/h5,8-9,12,14,17H,2-4,6-7,10-11,13H2,1H3. The highest BCUT2D eigenvalue weighted by atomic mass is 16.5. The van der Waals surface area contributed by atoms with Crippen molar-refractivity contribution in [1.82, 2.24) is 5.32 Å². The number of hydrogen-bond donors (Lipinski definition) is 1. The van der Waals surface area contributed by atoms with Crippen molar-refractivity contribution in [3.63, 3.8) is 0 Å². The first kappa shape index (κ1) is 14.2. The molecule has 0 bridgehead atoms. The van der Waals surface area contributed by atoms with Crippen LogP contribution in [0.5, 0.6) is 11.5 Å². The third-order valence-electron chi connectivity index (χ3n) is 3.75. The molecule has 19 heavy (non-hydrogen) atoms. The van der Waals surface area contributed by atoms with E-state index in [4.69, 9.17) is 9.47 Å². The molecule has 106 valence electrons. The average molecular weight is 263 g/mol. The molecular formula is C16H25NO2. The lowest BCUT2D eigenvalue weighted by Crippen LogP contribution is -2.28. The molecule has 1 aliphatic rings. The summed E-state index contributed by atoms with van der Waals surface area (Å²) in [6.07, 6.45) is 7.03. The average Bonchev–Trinajstić information content (AvgIpc) is 2.48. The van der Waals surface area contributed by atoms with Crippen molar-refractivity contribution in [3.05, 3.63) is 24.3 Å². The van der Waals surface area contributed by atoms with Crippen LogP contribution in [0.4, 0.5) is 0 Å². The molecule has 1 fully saturated rings. The highest BCUT2D eigenvalue weighted by molar-refractivity contribution is 5.32. The van der Waals surface area contributed by atoms with Crippen LogP contribution in [0.25, 0.3) is 0 Å². The van der Waals surface area contributed by atoms with E-state index < -0.39 is 0 Å². The predicted molar refractivity (Wildman–Crippen MR) is 77.9 cm³/mol. The molecule has 2 rings (SSSR count). The molecule has 0 aromatic heterocycles. The summed E-state index contributed by atoms with van der Waals surface area (Å²) in [5.41, 5.74) is 0. The van der Waals surface area contributed by atoms with Gasteiger partial charge in [-0.05, 0) is 37.4 Å². The van der Waals surface area contributed by atoms with Crippen LogP contribution in [0.3, 0.4) is 0 Å². The molecule has 0 unspecified atom stereocenters. The first-order valence-corrected chi connectivity index (χ1v) is 7.36. The summed E-state index contributed by atoms with van der Waals surface area (Å²) in [6, 6.07) is 7.75. The van der Waals surface area contributed by atoms with Gasteiger partial charge in [-0.15, -0.1) is 0 Å². The summed E-state index contributed by atoms with van der Waals surface area (Å²) in [4.78, 5) is 0. The molecule has 3 heteroatoms. The number of rotatable bonds is 7. The van der Waals surface area contributed by atoms with E-state index in [-0.39, 0.29) is 0 Å². The van der Waals surface area contributed by atoms with Gasteiger partial charge in [-0.3, -0.25) is 0 Å². The Kier molecular flexibility index (Phi) is 6.02. The third-order valence-corrected chi connectivity index (χ3v) is 3.75. The molecular weight excluding hydrogens is 238 g/mol. The molecule has 1 aromatic carbocycles. The maximum absolute atomic E-state index is 5.70. The summed E-state index contributed by atoms with van der Waals surface area (Å²) in [5.74, 6) is 2.59. The Labute approximate surface area is 116 Å². The summed E-state index contributed by atoms with van der Waals surface area (Å²) in [5, 5.41) is 3.50. The van der Waals surface area contributed by atoms with Crippen LogP contribution >= 0.6 is 0 Å². The van der Waals surface area contributed by atoms with Crippen LogP contribution in [0, 0.1) is 5.92 Å². The van der Waals surface area contributed by atoms with E-state index in [0.717, 1.165) is 30.5 Å². The van der Waals surface area contributed by atoms with Gasteiger partial charge in [0.15, 0.2) is 0 Å². The zero-order chi connectivity index (χ0) is 13.3. The Morgan fingerprint density at radius 1 is 1.16 bits per heavy atom. The number of nitrogens with one attached hydrogen (secondary N) is 1. The smallest absolute Gasteiger partial charge is 0.123 e. The second kappa shape index (κ2) is 8.05. The molecule has 1 saturated carbocycles. The van der Waals surface area contributed by atoms with Gasteiger partial charge in [0, 0.05) is 12.6 Å². The minimum absolute atomic E-state index is 0.708. The van der Waals surface area contributed by atoms with E-state index >= 15 is 0 Å². The Bertz CT molecular complexity index is 362. The number of ether oxygens (including phenoxy) is 2. The topological polar surface area (TPSA) is 30.5 Å². The van der Waals surface area contributed by atoms with Crippen LogP contribution in [-0.2, 0) is 0 Å². The van der Waals surface area contributed by atoms with E-state index in [9.17, 15) is 0 Å². The van der Waals surface area contributed by atoms with E-state index in [1.54, 1.807) is 7.11 Å². The number of hydrogen-bond acceptors (Lipinski definition) is 3. The zero-order valence-electron chi connectivity index (χ0n) is 11.9. The van der Waals surface area contributed by atoms with Crippen molar-refractivity contribution < 1.29 is 9.47 Å². The Morgan fingerprint density at radius 3 is 2.74 bits per heavy atom. The minimum Gasteiger partial charge on any atom is -0.497 e. The van der Waals surface area contributed by atoms with E-state index in [1.165, 1.54) is 32.1 Å². The first-order valence-electron chi connectivity index (χ1n) is 7.36. The summed E-state index contributed by atoms with van der Waals surface area (Å²) < 4.78 is 10.9. The van der Waals surface area contributed by atoms with Crippen LogP contribution in [0.15, 0.2) is 24.3 Å². The van der Waals surface area contributed by atoms with E-state index in [2.05, 4.69) is 5.32 Å². The van der Waals surface area contributed by atoms with Gasteiger partial charge in [0.25, 0.3) is 0 Å². The van der Waals surface area contributed by atoms with E-state index in [1.807, 2.05) is 24.3 Å². The summed E-state index contributed by atoms with van der Waals surface area (Å²) in [6.45, 7) is 2.76. The van der Waals surface area contributed by atoms with Gasteiger partial charge in [-0.2, -0.15) is 0 Å². The lowest BCUT2D eigenvalue weighted by Gasteiger charge is -2.21. The third kappa shape index (κ3) is 5.11. The van der Waals surface area contributed by atoms with Crippen LogP contribution < -0.4 is 14.8 Å². The van der Waals surface area contributed by atoms with Gasteiger partial charge in [-0.1, -0.05) is 25.3 Å². The zero-order valence-corrected chi connectivity index (χ0v) is 11.9. The molecule has 1 aliphatic carbocycles.